The van der Waals surface area contributed by atoms with Gasteiger partial charge in [-0.1, -0.05) is 23.7 Å². The molecule has 0 spiro atoms. The molecule has 0 unspecified atom stereocenters. The molecule has 7 heteroatoms. The quantitative estimate of drug-likeness (QED) is 0.825. The molecule has 1 fully saturated rings. The van der Waals surface area contributed by atoms with E-state index >= 15 is 0 Å². The van der Waals surface area contributed by atoms with Crippen LogP contribution in [0.25, 0.3) is 0 Å². The second-order valence-electron chi connectivity index (χ2n) is 5.31. The Morgan fingerprint density at radius 2 is 2.26 bits per heavy atom. The fourth-order valence-electron chi connectivity index (χ4n) is 2.40. The predicted molar refractivity (Wildman–Crippen MR) is 83.2 cm³/mol. The van der Waals surface area contributed by atoms with Crippen LogP contribution in [-0.2, 0) is 11.4 Å². The van der Waals surface area contributed by atoms with E-state index in [-0.39, 0.29) is 24.4 Å². The van der Waals surface area contributed by atoms with Gasteiger partial charge in [0, 0.05) is 34.9 Å². The van der Waals surface area contributed by atoms with Crippen LogP contribution in [-0.4, -0.2) is 17.1 Å². The van der Waals surface area contributed by atoms with Gasteiger partial charge in [-0.25, -0.2) is 14.7 Å². The lowest BCUT2D eigenvalue weighted by Gasteiger charge is -2.08. The largest absolute Gasteiger partial charge is 0.338 e. The molecule has 2 aromatic rings. The Bertz CT molecular complexity index is 679. The standard InChI is InChI=1S/C16H15ClFN3O2/c17-12-4-1-5-13(18)15(12)11-7-14(11)20-16(22)21-23-9-10-3-2-6-19-8-10/h1-6,8,11,14H,7,9H2,(H2,20,21,22)/t11-,14+/m1/s1. The third kappa shape index (κ3) is 3.97. The van der Waals surface area contributed by atoms with Gasteiger partial charge in [0.2, 0.25) is 0 Å². The fraction of sp³-hybridized carbons (Fsp3) is 0.250. The number of hydrogen-bond acceptors (Lipinski definition) is 3. The van der Waals surface area contributed by atoms with Crippen LogP contribution in [0.3, 0.4) is 0 Å². The third-order valence-electron chi connectivity index (χ3n) is 3.60. The van der Waals surface area contributed by atoms with Crippen molar-refractivity contribution in [1.29, 1.82) is 0 Å². The summed E-state index contributed by atoms with van der Waals surface area (Å²) in [5, 5.41) is 3.11. The number of amides is 2. The van der Waals surface area contributed by atoms with Gasteiger partial charge in [-0.05, 0) is 30.2 Å². The zero-order chi connectivity index (χ0) is 16.2. The maximum Gasteiger partial charge on any atom is 0.338 e. The summed E-state index contributed by atoms with van der Waals surface area (Å²) in [7, 11) is 0. The molecule has 120 valence electrons. The molecule has 2 atom stereocenters. The summed E-state index contributed by atoms with van der Waals surface area (Å²) in [6.45, 7) is 0.217. The van der Waals surface area contributed by atoms with E-state index in [1.165, 1.54) is 6.07 Å². The minimum Gasteiger partial charge on any atom is -0.333 e. The van der Waals surface area contributed by atoms with Crippen LogP contribution in [0.2, 0.25) is 5.02 Å². The van der Waals surface area contributed by atoms with E-state index < -0.39 is 6.03 Å². The fourth-order valence-corrected chi connectivity index (χ4v) is 2.71. The highest BCUT2D eigenvalue weighted by Crippen LogP contribution is 2.44. The number of carbonyl (C=O) groups excluding carboxylic acids is 1. The molecule has 1 aromatic heterocycles. The average Bonchev–Trinajstić information content (AvgIpc) is 3.27. The third-order valence-corrected chi connectivity index (χ3v) is 3.93. The van der Waals surface area contributed by atoms with Crippen molar-refractivity contribution in [3.8, 4) is 0 Å². The summed E-state index contributed by atoms with van der Waals surface area (Å²) >= 11 is 6.02. The Kier molecular flexibility index (Phi) is 4.73. The number of nitrogens with zero attached hydrogens (tertiary/aromatic N) is 1. The second-order valence-corrected chi connectivity index (χ2v) is 5.72. The molecule has 1 saturated carbocycles. The number of aromatic nitrogens is 1. The van der Waals surface area contributed by atoms with Gasteiger partial charge >= 0.3 is 6.03 Å². The molecule has 2 N–H and O–H groups in total. The maximum atomic E-state index is 13.8. The molecule has 1 aliphatic rings. The van der Waals surface area contributed by atoms with Crippen LogP contribution in [0.15, 0.2) is 42.7 Å². The molecule has 5 nitrogen and oxygen atoms in total. The van der Waals surface area contributed by atoms with E-state index in [2.05, 4.69) is 15.8 Å². The molecule has 2 amide bonds. The van der Waals surface area contributed by atoms with Crippen molar-refractivity contribution in [1.82, 2.24) is 15.8 Å². The first-order chi connectivity index (χ1) is 11.1. The van der Waals surface area contributed by atoms with E-state index in [0.717, 1.165) is 5.56 Å². The monoisotopic (exact) mass is 335 g/mol. The zero-order valence-electron chi connectivity index (χ0n) is 12.1. The number of hydrogen-bond donors (Lipinski definition) is 2. The first-order valence-electron chi connectivity index (χ1n) is 7.16. The molecule has 1 aromatic carbocycles. The van der Waals surface area contributed by atoms with E-state index in [4.69, 9.17) is 16.4 Å². The summed E-state index contributed by atoms with van der Waals surface area (Å²) in [5.74, 6) is -0.451. The minimum atomic E-state index is -0.464. The smallest absolute Gasteiger partial charge is 0.333 e. The van der Waals surface area contributed by atoms with E-state index in [0.29, 0.717) is 17.0 Å². The first kappa shape index (κ1) is 15.7. The zero-order valence-corrected chi connectivity index (χ0v) is 12.9. The molecule has 0 radical (unpaired) electrons. The van der Waals surface area contributed by atoms with Crippen LogP contribution in [0, 0.1) is 5.82 Å². The van der Waals surface area contributed by atoms with Crippen molar-refractivity contribution in [2.75, 3.05) is 0 Å². The number of urea groups is 1. The van der Waals surface area contributed by atoms with Gasteiger partial charge < -0.3 is 5.32 Å². The highest BCUT2D eigenvalue weighted by molar-refractivity contribution is 6.31. The van der Waals surface area contributed by atoms with E-state index in [1.54, 1.807) is 30.6 Å². The highest BCUT2D eigenvalue weighted by atomic mass is 35.5. The van der Waals surface area contributed by atoms with Crippen molar-refractivity contribution in [2.24, 2.45) is 0 Å². The summed E-state index contributed by atoms with van der Waals surface area (Å²) in [6.07, 6.45) is 3.96. The van der Waals surface area contributed by atoms with Gasteiger partial charge in [-0.3, -0.25) is 9.82 Å². The van der Waals surface area contributed by atoms with Crippen molar-refractivity contribution in [2.45, 2.75) is 25.0 Å². The average molecular weight is 336 g/mol. The van der Waals surface area contributed by atoms with Crippen molar-refractivity contribution in [3.05, 3.63) is 64.7 Å². The van der Waals surface area contributed by atoms with Crippen LogP contribution in [0.4, 0.5) is 9.18 Å². The summed E-state index contributed by atoms with van der Waals surface area (Å²) < 4.78 is 13.8. The number of halogens is 2. The molecule has 3 rings (SSSR count). The molecule has 0 bridgehead atoms. The Balaban J connectivity index is 1.45. The molecular formula is C16H15ClFN3O2. The molecule has 0 aliphatic heterocycles. The number of rotatable bonds is 5. The number of nitrogens with one attached hydrogen (secondary N) is 2. The van der Waals surface area contributed by atoms with Gasteiger partial charge in [-0.2, -0.15) is 0 Å². The Labute approximate surface area is 137 Å². The van der Waals surface area contributed by atoms with Gasteiger partial charge in [0.05, 0.1) is 0 Å². The number of hydroxylamine groups is 1. The van der Waals surface area contributed by atoms with Crippen LogP contribution < -0.4 is 10.8 Å². The van der Waals surface area contributed by atoms with Crippen molar-refractivity contribution < 1.29 is 14.0 Å². The van der Waals surface area contributed by atoms with Gasteiger partial charge in [0.25, 0.3) is 0 Å². The van der Waals surface area contributed by atoms with E-state index in [1.807, 2.05) is 6.07 Å². The number of carbonyl (C=O) groups is 1. The summed E-state index contributed by atoms with van der Waals surface area (Å²) in [6, 6.07) is 7.58. The molecular weight excluding hydrogens is 321 g/mol. The molecule has 0 saturated heterocycles. The topological polar surface area (TPSA) is 63.2 Å². The summed E-state index contributed by atoms with van der Waals surface area (Å²) in [5.41, 5.74) is 3.60. The van der Waals surface area contributed by atoms with Crippen LogP contribution in [0.5, 0.6) is 0 Å². The number of benzene rings is 1. The van der Waals surface area contributed by atoms with Gasteiger partial charge in [0.15, 0.2) is 0 Å². The lowest BCUT2D eigenvalue weighted by molar-refractivity contribution is 0.0488. The molecule has 1 heterocycles. The van der Waals surface area contributed by atoms with Crippen molar-refractivity contribution >= 4 is 17.6 Å². The Morgan fingerprint density at radius 3 is 3.00 bits per heavy atom. The lowest BCUT2D eigenvalue weighted by atomic mass is 10.1. The van der Waals surface area contributed by atoms with Gasteiger partial charge in [0.1, 0.15) is 12.4 Å². The lowest BCUT2D eigenvalue weighted by Crippen LogP contribution is -2.37. The van der Waals surface area contributed by atoms with Crippen molar-refractivity contribution in [3.63, 3.8) is 0 Å². The molecule has 23 heavy (non-hydrogen) atoms. The molecule has 1 aliphatic carbocycles. The predicted octanol–water partition coefficient (Wildman–Crippen LogP) is 3.16. The van der Waals surface area contributed by atoms with E-state index in [9.17, 15) is 9.18 Å². The normalized spacial score (nSPS) is 19.2. The van der Waals surface area contributed by atoms with Gasteiger partial charge in [-0.15, -0.1) is 0 Å². The SMILES string of the molecule is O=C(NOCc1cccnc1)N[C@H]1C[C@H]1c1c(F)cccc1Cl. The number of pyridine rings is 1. The highest BCUT2D eigenvalue weighted by Gasteiger charge is 2.42. The maximum absolute atomic E-state index is 13.8. The Morgan fingerprint density at radius 1 is 1.39 bits per heavy atom. The summed E-state index contributed by atoms with van der Waals surface area (Å²) in [4.78, 5) is 20.8. The Hall–Kier alpha value is -2.18. The minimum absolute atomic E-state index is 0.104. The van der Waals surface area contributed by atoms with Crippen LogP contribution in [0.1, 0.15) is 23.5 Å². The van der Waals surface area contributed by atoms with Crippen LogP contribution >= 0.6 is 11.6 Å². The first-order valence-corrected chi connectivity index (χ1v) is 7.54. The second kappa shape index (κ2) is 6.93.